The zero-order chi connectivity index (χ0) is 14.9. The van der Waals surface area contributed by atoms with Crippen LogP contribution in [0.1, 0.15) is 26.5 Å². The molecule has 0 amide bonds. The van der Waals surface area contributed by atoms with Gasteiger partial charge in [-0.3, -0.25) is 0 Å². The molecule has 2 aromatic rings. The quantitative estimate of drug-likeness (QED) is 0.877. The molecule has 1 aromatic carbocycles. The molecule has 108 valence electrons. The van der Waals surface area contributed by atoms with Crippen molar-refractivity contribution in [2.75, 3.05) is 0 Å². The van der Waals surface area contributed by atoms with Crippen molar-refractivity contribution in [1.82, 2.24) is 14.9 Å². The van der Waals surface area contributed by atoms with Crippen molar-refractivity contribution in [3.8, 4) is 5.69 Å². The Morgan fingerprint density at radius 2 is 1.75 bits per heavy atom. The summed E-state index contributed by atoms with van der Waals surface area (Å²) >= 11 is 0. The van der Waals surface area contributed by atoms with Gasteiger partial charge in [-0.2, -0.15) is 0 Å². The van der Waals surface area contributed by atoms with Crippen molar-refractivity contribution >= 4 is 0 Å². The van der Waals surface area contributed by atoms with E-state index in [1.807, 2.05) is 20.8 Å². The second-order valence-electron chi connectivity index (χ2n) is 5.58. The van der Waals surface area contributed by atoms with Gasteiger partial charge >= 0.3 is 0 Å². The van der Waals surface area contributed by atoms with Crippen molar-refractivity contribution in [1.29, 1.82) is 0 Å². The zero-order valence-corrected chi connectivity index (χ0v) is 11.5. The lowest BCUT2D eigenvalue weighted by atomic mass is 10.1. The molecule has 0 aliphatic heterocycles. The Bertz CT molecular complexity index is 591. The average molecular weight is 283 g/mol. The molecule has 0 bridgehead atoms. The zero-order valence-electron chi connectivity index (χ0n) is 11.5. The van der Waals surface area contributed by atoms with Gasteiger partial charge in [0.05, 0.1) is 17.7 Å². The summed E-state index contributed by atoms with van der Waals surface area (Å²) in [6.07, 6.45) is 3.03. The van der Waals surface area contributed by atoms with E-state index in [0.717, 1.165) is 17.8 Å². The Hall–Kier alpha value is -1.82. The molecule has 0 spiro atoms. The lowest BCUT2D eigenvalue weighted by molar-refractivity contribution is 0.419. The minimum Gasteiger partial charge on any atom is -0.306 e. The first-order valence-corrected chi connectivity index (χ1v) is 6.19. The van der Waals surface area contributed by atoms with Gasteiger partial charge in [0.1, 0.15) is 0 Å². The smallest absolute Gasteiger partial charge is 0.194 e. The normalized spacial score (nSPS) is 11.9. The first-order valence-electron chi connectivity index (χ1n) is 6.19. The van der Waals surface area contributed by atoms with Crippen molar-refractivity contribution in [3.05, 3.63) is 47.8 Å². The van der Waals surface area contributed by atoms with Crippen molar-refractivity contribution in [2.24, 2.45) is 0 Å². The van der Waals surface area contributed by atoms with E-state index in [2.05, 4.69) is 10.3 Å². The number of rotatable bonds is 3. The van der Waals surface area contributed by atoms with Crippen LogP contribution in [-0.2, 0) is 6.54 Å². The molecule has 0 fully saturated rings. The van der Waals surface area contributed by atoms with Crippen LogP contribution in [0.15, 0.2) is 24.7 Å². The average Bonchev–Trinajstić information content (AvgIpc) is 2.80. The maximum atomic E-state index is 13.3. The molecule has 0 saturated heterocycles. The lowest BCUT2D eigenvalue weighted by Crippen LogP contribution is -2.35. The van der Waals surface area contributed by atoms with Gasteiger partial charge in [0.25, 0.3) is 0 Å². The monoisotopic (exact) mass is 283 g/mol. The topological polar surface area (TPSA) is 29.9 Å². The summed E-state index contributed by atoms with van der Waals surface area (Å²) in [4.78, 5) is 3.97. The number of imidazole rings is 1. The summed E-state index contributed by atoms with van der Waals surface area (Å²) < 4.78 is 41.0. The molecule has 0 radical (unpaired) electrons. The highest BCUT2D eigenvalue weighted by Gasteiger charge is 2.15. The van der Waals surface area contributed by atoms with Crippen molar-refractivity contribution in [2.45, 2.75) is 32.9 Å². The van der Waals surface area contributed by atoms with E-state index in [1.165, 1.54) is 10.9 Å². The molecular weight excluding hydrogens is 267 g/mol. The molecule has 1 heterocycles. The molecular formula is C14H16F3N3. The van der Waals surface area contributed by atoms with Gasteiger partial charge < -0.3 is 9.88 Å². The van der Waals surface area contributed by atoms with E-state index in [9.17, 15) is 13.2 Å². The molecule has 20 heavy (non-hydrogen) atoms. The summed E-state index contributed by atoms with van der Waals surface area (Å²) in [5.41, 5.74) is 0.823. The molecule has 0 saturated carbocycles. The predicted molar refractivity (Wildman–Crippen MR) is 70.0 cm³/mol. The molecule has 2 rings (SSSR count). The van der Waals surface area contributed by atoms with Gasteiger partial charge in [-0.15, -0.1) is 0 Å². The fourth-order valence-electron chi connectivity index (χ4n) is 1.72. The summed E-state index contributed by atoms with van der Waals surface area (Å²) in [6.45, 7) is 6.49. The number of aromatic nitrogens is 2. The van der Waals surface area contributed by atoms with Gasteiger partial charge in [-0.1, -0.05) is 0 Å². The van der Waals surface area contributed by atoms with E-state index >= 15 is 0 Å². The molecule has 6 heteroatoms. The standard InChI is InChI=1S/C14H16F3N3/c1-14(2,3)19-7-10-6-18-8-20(10)9-4-11(15)13(17)12(16)5-9/h4-6,8,19H,7H2,1-3H3. The Kier molecular flexibility index (Phi) is 3.85. The Morgan fingerprint density at radius 3 is 2.30 bits per heavy atom. The van der Waals surface area contributed by atoms with E-state index in [0.29, 0.717) is 6.54 Å². The van der Waals surface area contributed by atoms with Gasteiger partial charge in [0, 0.05) is 30.4 Å². The third-order valence-electron chi connectivity index (χ3n) is 2.76. The van der Waals surface area contributed by atoms with Crippen LogP contribution in [0.3, 0.4) is 0 Å². The van der Waals surface area contributed by atoms with Crippen LogP contribution in [0, 0.1) is 17.5 Å². The van der Waals surface area contributed by atoms with Gasteiger partial charge in [0.2, 0.25) is 0 Å². The fraction of sp³-hybridized carbons (Fsp3) is 0.357. The van der Waals surface area contributed by atoms with Crippen molar-refractivity contribution < 1.29 is 13.2 Å². The fourth-order valence-corrected chi connectivity index (χ4v) is 1.72. The maximum Gasteiger partial charge on any atom is 0.194 e. The van der Waals surface area contributed by atoms with Crippen LogP contribution in [-0.4, -0.2) is 15.1 Å². The third kappa shape index (κ3) is 3.19. The Balaban J connectivity index is 2.33. The summed E-state index contributed by atoms with van der Waals surface area (Å²) in [5.74, 6) is -3.91. The molecule has 1 aromatic heterocycles. The predicted octanol–water partition coefficient (Wildman–Crippen LogP) is 3.18. The number of halogens is 3. The van der Waals surface area contributed by atoms with Crippen LogP contribution < -0.4 is 5.32 Å². The van der Waals surface area contributed by atoms with Crippen molar-refractivity contribution in [3.63, 3.8) is 0 Å². The second-order valence-corrected chi connectivity index (χ2v) is 5.58. The summed E-state index contributed by atoms with van der Waals surface area (Å²) in [6, 6.07) is 1.89. The summed E-state index contributed by atoms with van der Waals surface area (Å²) in [5, 5.41) is 3.25. The van der Waals surface area contributed by atoms with Crippen LogP contribution in [0.5, 0.6) is 0 Å². The Labute approximate surface area is 115 Å². The minimum absolute atomic E-state index is 0.103. The third-order valence-corrected chi connectivity index (χ3v) is 2.76. The highest BCUT2D eigenvalue weighted by atomic mass is 19.2. The molecule has 3 nitrogen and oxygen atoms in total. The van der Waals surface area contributed by atoms with E-state index in [-0.39, 0.29) is 11.2 Å². The maximum absolute atomic E-state index is 13.3. The molecule has 0 atom stereocenters. The van der Waals surface area contributed by atoms with Gasteiger partial charge in [0.15, 0.2) is 17.5 Å². The van der Waals surface area contributed by atoms with E-state index < -0.39 is 17.5 Å². The van der Waals surface area contributed by atoms with Crippen LogP contribution in [0.4, 0.5) is 13.2 Å². The SMILES string of the molecule is CC(C)(C)NCc1cncn1-c1cc(F)c(F)c(F)c1. The molecule has 0 aliphatic carbocycles. The highest BCUT2D eigenvalue weighted by molar-refractivity contribution is 5.35. The number of hydrogen-bond donors (Lipinski definition) is 1. The second kappa shape index (κ2) is 5.28. The molecule has 0 aliphatic rings. The molecule has 0 unspecified atom stereocenters. The van der Waals surface area contributed by atoms with E-state index in [1.54, 1.807) is 6.20 Å². The summed E-state index contributed by atoms with van der Waals surface area (Å²) in [7, 11) is 0. The van der Waals surface area contributed by atoms with Crippen LogP contribution >= 0.6 is 0 Å². The number of hydrogen-bond acceptors (Lipinski definition) is 2. The van der Waals surface area contributed by atoms with Crippen LogP contribution in [0.2, 0.25) is 0 Å². The van der Waals surface area contributed by atoms with Gasteiger partial charge in [-0.05, 0) is 20.8 Å². The number of benzene rings is 1. The van der Waals surface area contributed by atoms with E-state index in [4.69, 9.17) is 0 Å². The minimum atomic E-state index is -1.47. The molecule has 1 N–H and O–H groups in total. The number of nitrogens with zero attached hydrogens (tertiary/aromatic N) is 2. The van der Waals surface area contributed by atoms with Crippen LogP contribution in [0.25, 0.3) is 5.69 Å². The number of nitrogens with one attached hydrogen (secondary N) is 1. The van der Waals surface area contributed by atoms with Gasteiger partial charge in [-0.25, -0.2) is 18.2 Å². The lowest BCUT2D eigenvalue weighted by Gasteiger charge is -2.21. The largest absolute Gasteiger partial charge is 0.306 e. The first kappa shape index (κ1) is 14.6. The first-order chi connectivity index (χ1) is 9.28. The Morgan fingerprint density at radius 1 is 1.15 bits per heavy atom. The highest BCUT2D eigenvalue weighted by Crippen LogP contribution is 2.18.